The Morgan fingerprint density at radius 3 is 2.00 bits per heavy atom. The van der Waals surface area contributed by atoms with Gasteiger partial charge in [0.25, 0.3) is 8.32 Å². The lowest BCUT2D eigenvalue weighted by molar-refractivity contribution is -0.104. The number of allylic oxidation sites excluding steroid dienone is 2. The highest BCUT2D eigenvalue weighted by Crippen LogP contribution is 2.41. The van der Waals surface area contributed by atoms with Gasteiger partial charge in [0.2, 0.25) is 0 Å². The summed E-state index contributed by atoms with van der Waals surface area (Å²) in [7, 11) is -2.64. The van der Waals surface area contributed by atoms with Gasteiger partial charge in [0.1, 0.15) is 6.29 Å². The minimum atomic E-state index is -2.64. The molecule has 0 saturated heterocycles. The van der Waals surface area contributed by atoms with E-state index in [0.717, 1.165) is 24.7 Å². The van der Waals surface area contributed by atoms with Gasteiger partial charge in [-0.05, 0) is 52.7 Å². The van der Waals surface area contributed by atoms with E-state index in [9.17, 15) is 4.79 Å². The largest absolute Gasteiger partial charge is 0.400 e. The summed E-state index contributed by atoms with van der Waals surface area (Å²) in [6.07, 6.45) is 4.19. The minimum absolute atomic E-state index is 0.0266. The first-order chi connectivity index (χ1) is 14.9. The van der Waals surface area contributed by atoms with Crippen molar-refractivity contribution in [3.8, 4) is 0 Å². The molecule has 0 bridgehead atoms. The number of carbonyl (C=O) groups is 1. The Morgan fingerprint density at radius 2 is 1.55 bits per heavy atom. The summed E-state index contributed by atoms with van der Waals surface area (Å²) in [4.78, 5) is 12.2. The molecule has 31 heavy (non-hydrogen) atoms. The standard InChI is InChI=1S/C27H32O2SSi/c1-22(19-20-28)17-18-25(26-16-11-21-30-26)29-31(27(2,3)4,23-12-7-5-8-13-23)24-14-9-6-10-15-24/h5-16,19-21,25H,17-18H2,1-4H3/b22-19+. The molecule has 1 aromatic heterocycles. The van der Waals surface area contributed by atoms with Gasteiger partial charge in [-0.1, -0.05) is 93.1 Å². The number of thiophene rings is 1. The molecule has 0 amide bonds. The van der Waals surface area contributed by atoms with Crippen LogP contribution >= 0.6 is 11.3 Å². The monoisotopic (exact) mass is 448 g/mol. The Labute approximate surface area is 191 Å². The van der Waals surface area contributed by atoms with Gasteiger partial charge < -0.3 is 4.43 Å². The molecule has 162 valence electrons. The number of benzene rings is 2. The van der Waals surface area contributed by atoms with Crippen LogP contribution in [0.25, 0.3) is 0 Å². The molecule has 1 unspecified atom stereocenters. The third-order valence-corrected chi connectivity index (χ3v) is 11.8. The van der Waals surface area contributed by atoms with E-state index in [-0.39, 0.29) is 11.1 Å². The van der Waals surface area contributed by atoms with E-state index in [1.807, 2.05) is 6.92 Å². The van der Waals surface area contributed by atoms with Gasteiger partial charge in [0, 0.05) is 4.88 Å². The van der Waals surface area contributed by atoms with Gasteiger partial charge in [-0.25, -0.2) is 0 Å². The fourth-order valence-electron chi connectivity index (χ4n) is 4.20. The first-order valence-corrected chi connectivity index (χ1v) is 13.6. The van der Waals surface area contributed by atoms with Gasteiger partial charge in [-0.15, -0.1) is 11.3 Å². The van der Waals surface area contributed by atoms with Crippen molar-refractivity contribution in [1.82, 2.24) is 0 Å². The van der Waals surface area contributed by atoms with Crippen molar-refractivity contribution in [2.24, 2.45) is 0 Å². The van der Waals surface area contributed by atoms with Crippen molar-refractivity contribution < 1.29 is 9.22 Å². The van der Waals surface area contributed by atoms with E-state index in [0.29, 0.717) is 0 Å². The molecule has 0 N–H and O–H groups in total. The number of hydrogen-bond donors (Lipinski definition) is 0. The van der Waals surface area contributed by atoms with Crippen LogP contribution in [0.3, 0.4) is 0 Å². The number of hydrogen-bond acceptors (Lipinski definition) is 3. The summed E-state index contributed by atoms with van der Waals surface area (Å²) in [6.45, 7) is 8.94. The highest BCUT2D eigenvalue weighted by atomic mass is 32.1. The Morgan fingerprint density at radius 1 is 0.968 bits per heavy atom. The molecule has 0 fully saturated rings. The van der Waals surface area contributed by atoms with Gasteiger partial charge in [0.05, 0.1) is 6.10 Å². The first kappa shape index (κ1) is 23.4. The Hall–Kier alpha value is -2.27. The number of rotatable bonds is 9. The quantitative estimate of drug-likeness (QED) is 0.218. The average molecular weight is 449 g/mol. The average Bonchev–Trinajstić information content (AvgIpc) is 3.29. The van der Waals surface area contributed by atoms with E-state index in [4.69, 9.17) is 4.43 Å². The number of carbonyl (C=O) groups excluding carboxylic acids is 1. The van der Waals surface area contributed by atoms with E-state index >= 15 is 0 Å². The van der Waals surface area contributed by atoms with Crippen LogP contribution in [-0.4, -0.2) is 14.6 Å². The lowest BCUT2D eigenvalue weighted by Gasteiger charge is -2.45. The predicted molar refractivity (Wildman–Crippen MR) is 135 cm³/mol. The van der Waals surface area contributed by atoms with Crippen LogP contribution in [0.2, 0.25) is 5.04 Å². The zero-order valence-corrected chi connectivity index (χ0v) is 20.7. The van der Waals surface area contributed by atoms with Crippen LogP contribution < -0.4 is 10.4 Å². The van der Waals surface area contributed by atoms with Gasteiger partial charge in [0.15, 0.2) is 0 Å². The molecular weight excluding hydrogens is 416 g/mol. The molecule has 0 radical (unpaired) electrons. The maximum absolute atomic E-state index is 10.9. The summed E-state index contributed by atoms with van der Waals surface area (Å²) in [5, 5.41) is 4.62. The van der Waals surface area contributed by atoms with E-state index in [1.54, 1.807) is 17.4 Å². The number of aldehydes is 1. The summed E-state index contributed by atoms with van der Waals surface area (Å²) >= 11 is 1.75. The van der Waals surface area contributed by atoms with Crippen molar-refractivity contribution in [3.63, 3.8) is 0 Å². The normalized spacial score (nSPS) is 13.7. The molecule has 1 heterocycles. The predicted octanol–water partition coefficient (Wildman–Crippen LogP) is 6.29. The molecule has 3 rings (SSSR count). The third-order valence-electron chi connectivity index (χ3n) is 5.75. The Balaban J connectivity index is 2.13. The molecule has 2 nitrogen and oxygen atoms in total. The zero-order valence-electron chi connectivity index (χ0n) is 18.9. The molecule has 1 atom stereocenters. The molecule has 0 saturated carbocycles. The first-order valence-electron chi connectivity index (χ1n) is 10.8. The maximum Gasteiger partial charge on any atom is 0.261 e. The van der Waals surface area contributed by atoms with Gasteiger partial charge >= 0.3 is 0 Å². The molecule has 0 aliphatic heterocycles. The summed E-state index contributed by atoms with van der Waals surface area (Å²) in [5.41, 5.74) is 1.09. The smallest absolute Gasteiger partial charge is 0.261 e. The van der Waals surface area contributed by atoms with Crippen LogP contribution in [0.5, 0.6) is 0 Å². The lowest BCUT2D eigenvalue weighted by atomic mass is 10.1. The Bertz CT molecular complexity index is 934. The summed E-state index contributed by atoms with van der Waals surface area (Å²) in [6, 6.07) is 25.8. The SMILES string of the molecule is C/C(=C\C=O)CCC(O[Si](c1ccccc1)(c1ccccc1)C(C)(C)C)c1cccs1. The third kappa shape index (κ3) is 5.32. The second-order valence-electron chi connectivity index (χ2n) is 8.97. The van der Waals surface area contributed by atoms with Crippen LogP contribution in [-0.2, 0) is 9.22 Å². The molecule has 4 heteroatoms. The van der Waals surface area contributed by atoms with Crippen molar-refractivity contribution in [3.05, 3.63) is 94.7 Å². The van der Waals surface area contributed by atoms with Crippen LogP contribution in [0.1, 0.15) is 51.5 Å². The molecule has 0 spiro atoms. The molecule has 0 aliphatic carbocycles. The Kier molecular flexibility index (Phi) is 7.82. The van der Waals surface area contributed by atoms with Crippen LogP contribution in [0.4, 0.5) is 0 Å². The molecule has 2 aromatic carbocycles. The highest BCUT2D eigenvalue weighted by Gasteiger charge is 2.51. The van der Waals surface area contributed by atoms with E-state index < -0.39 is 8.32 Å². The van der Waals surface area contributed by atoms with Crippen molar-refractivity contribution in [2.45, 2.75) is 51.7 Å². The van der Waals surface area contributed by atoms with Gasteiger partial charge in [-0.3, -0.25) is 4.79 Å². The topological polar surface area (TPSA) is 26.3 Å². The van der Waals surface area contributed by atoms with Crippen molar-refractivity contribution >= 4 is 36.3 Å². The minimum Gasteiger partial charge on any atom is -0.400 e. The van der Waals surface area contributed by atoms with Gasteiger partial charge in [-0.2, -0.15) is 0 Å². The maximum atomic E-state index is 10.9. The second-order valence-corrected chi connectivity index (χ2v) is 14.2. The summed E-state index contributed by atoms with van der Waals surface area (Å²) < 4.78 is 7.38. The van der Waals surface area contributed by atoms with Crippen molar-refractivity contribution in [1.29, 1.82) is 0 Å². The fourth-order valence-corrected chi connectivity index (χ4v) is 9.76. The zero-order chi connectivity index (χ0) is 22.3. The molecular formula is C27H32O2SSi. The highest BCUT2D eigenvalue weighted by molar-refractivity contribution is 7.10. The van der Waals surface area contributed by atoms with Crippen molar-refractivity contribution in [2.75, 3.05) is 0 Å². The molecule has 0 aliphatic rings. The second kappa shape index (κ2) is 10.4. The van der Waals surface area contributed by atoms with E-state index in [1.165, 1.54) is 15.3 Å². The van der Waals surface area contributed by atoms with Crippen LogP contribution in [0, 0.1) is 0 Å². The summed E-state index contributed by atoms with van der Waals surface area (Å²) in [5.74, 6) is 0. The van der Waals surface area contributed by atoms with Crippen LogP contribution in [0.15, 0.2) is 89.8 Å². The molecule has 3 aromatic rings. The lowest BCUT2D eigenvalue weighted by Crippen LogP contribution is -2.66. The fraction of sp³-hybridized carbons (Fsp3) is 0.296. The van der Waals surface area contributed by atoms with E-state index in [2.05, 4.69) is 98.9 Å².